The number of ether oxygens (including phenoxy) is 1. The van der Waals surface area contributed by atoms with E-state index in [1.165, 1.54) is 22.1 Å². The predicted octanol–water partition coefficient (Wildman–Crippen LogP) is 11.7. The summed E-state index contributed by atoms with van der Waals surface area (Å²) >= 11 is 0. The number of pyridine rings is 2. The molecule has 0 amide bonds. The predicted molar refractivity (Wildman–Crippen MR) is 198 cm³/mol. The van der Waals surface area contributed by atoms with Crippen LogP contribution >= 0.6 is 0 Å². The Morgan fingerprint density at radius 1 is 0.542 bits per heavy atom. The lowest BCUT2D eigenvalue weighted by atomic mass is 9.85. The molecule has 0 bridgehead atoms. The van der Waals surface area contributed by atoms with Crippen molar-refractivity contribution in [3.8, 4) is 50.8 Å². The first-order valence-electron chi connectivity index (χ1n) is 16.3. The molecule has 0 saturated carbocycles. The monoisotopic (exact) mass is 621 g/mol. The van der Waals surface area contributed by atoms with Gasteiger partial charge in [0.15, 0.2) is 0 Å². The Morgan fingerprint density at radius 3 is 2.02 bits per heavy atom. The number of aromatic nitrogens is 3. The molecule has 4 nitrogen and oxygen atoms in total. The quantitative estimate of drug-likeness (QED) is 0.185. The maximum Gasteiger partial charge on any atom is 0.128 e. The Bertz CT molecular complexity index is 2400. The van der Waals surface area contributed by atoms with E-state index in [0.29, 0.717) is 0 Å². The second-order valence-corrected chi connectivity index (χ2v) is 13.1. The molecule has 8 rings (SSSR count). The fraction of sp³-hybridized carbons (Fsp3) is 0.0909. The van der Waals surface area contributed by atoms with E-state index in [-0.39, 0.29) is 5.41 Å². The maximum atomic E-state index is 6.45. The molecule has 8 aromatic rings. The van der Waals surface area contributed by atoms with Gasteiger partial charge in [0.2, 0.25) is 0 Å². The molecule has 0 unspecified atom stereocenters. The Morgan fingerprint density at radius 2 is 1.25 bits per heavy atom. The molecule has 0 saturated heterocycles. The van der Waals surface area contributed by atoms with E-state index in [9.17, 15) is 0 Å². The van der Waals surface area contributed by atoms with Gasteiger partial charge in [0.1, 0.15) is 11.5 Å². The van der Waals surface area contributed by atoms with Crippen LogP contribution in [0, 0.1) is 0 Å². The zero-order valence-corrected chi connectivity index (χ0v) is 27.3. The molecule has 0 aliphatic heterocycles. The Balaban J connectivity index is 1.30. The molecule has 5 aromatic carbocycles. The molecular formula is C44H35N3O. The Hall–Kier alpha value is -6.00. The lowest BCUT2D eigenvalue weighted by molar-refractivity contribution is 0.483. The highest BCUT2D eigenvalue weighted by atomic mass is 16.5. The molecule has 0 radical (unpaired) electrons. The summed E-state index contributed by atoms with van der Waals surface area (Å²) in [4.78, 5) is 9.54. The first kappa shape index (κ1) is 29.4. The highest BCUT2D eigenvalue weighted by molar-refractivity contribution is 6.13. The zero-order valence-electron chi connectivity index (χ0n) is 27.3. The molecule has 4 heteroatoms. The summed E-state index contributed by atoms with van der Waals surface area (Å²) in [5.41, 5.74) is 10.8. The van der Waals surface area contributed by atoms with Crippen molar-refractivity contribution in [3.63, 3.8) is 0 Å². The molecule has 232 valence electrons. The van der Waals surface area contributed by atoms with E-state index in [4.69, 9.17) is 9.72 Å². The maximum absolute atomic E-state index is 6.45. The summed E-state index contributed by atoms with van der Waals surface area (Å²) in [6.07, 6.45) is 3.72. The van der Waals surface area contributed by atoms with Crippen LogP contribution in [0.1, 0.15) is 26.3 Å². The Kier molecular flexibility index (Phi) is 7.34. The fourth-order valence-electron chi connectivity index (χ4n) is 6.52. The zero-order chi connectivity index (χ0) is 32.7. The molecule has 0 aliphatic rings. The first-order valence-corrected chi connectivity index (χ1v) is 16.3. The standard InChI is InChI=1S/C44H35N3O/c1-44(2,3)33-22-23-41(38(29-33)30-13-5-4-6-14-30)47-40-21-8-7-19-36(40)37-24-26-46-42(43(37)47)32-16-12-18-35(28-32)48-34-17-11-15-31(27-34)39-20-9-10-25-45-39/h4-29H,1-3H3. The molecule has 3 heterocycles. The van der Waals surface area contributed by atoms with Crippen LogP contribution in [-0.2, 0) is 5.41 Å². The molecule has 0 N–H and O–H groups in total. The van der Waals surface area contributed by atoms with Gasteiger partial charge in [0.05, 0.1) is 28.1 Å². The number of hydrogen-bond acceptors (Lipinski definition) is 3. The fourth-order valence-corrected chi connectivity index (χ4v) is 6.52. The van der Waals surface area contributed by atoms with Crippen molar-refractivity contribution < 1.29 is 4.74 Å². The summed E-state index contributed by atoms with van der Waals surface area (Å²) in [6.45, 7) is 6.80. The summed E-state index contributed by atoms with van der Waals surface area (Å²) in [7, 11) is 0. The van der Waals surface area contributed by atoms with Crippen LogP contribution in [-0.4, -0.2) is 14.5 Å². The summed E-state index contributed by atoms with van der Waals surface area (Å²) in [6, 6.07) is 50.6. The lowest BCUT2D eigenvalue weighted by Gasteiger charge is -2.23. The van der Waals surface area contributed by atoms with E-state index in [1.54, 1.807) is 6.20 Å². The van der Waals surface area contributed by atoms with Crippen molar-refractivity contribution in [1.82, 2.24) is 14.5 Å². The minimum absolute atomic E-state index is 0.00711. The highest BCUT2D eigenvalue weighted by Crippen LogP contribution is 2.41. The smallest absolute Gasteiger partial charge is 0.128 e. The highest BCUT2D eigenvalue weighted by Gasteiger charge is 2.22. The molecule has 0 aliphatic carbocycles. The number of hydrogen-bond donors (Lipinski definition) is 0. The summed E-state index contributed by atoms with van der Waals surface area (Å²) in [5, 5.41) is 2.35. The van der Waals surface area contributed by atoms with Gasteiger partial charge >= 0.3 is 0 Å². The minimum atomic E-state index is 0.00711. The van der Waals surface area contributed by atoms with Crippen LogP contribution in [0.5, 0.6) is 11.5 Å². The summed E-state index contributed by atoms with van der Waals surface area (Å²) < 4.78 is 8.84. The van der Waals surface area contributed by atoms with Gasteiger partial charge in [0, 0.05) is 39.9 Å². The van der Waals surface area contributed by atoms with Crippen LogP contribution in [0.3, 0.4) is 0 Å². The van der Waals surface area contributed by atoms with Gasteiger partial charge in [-0.05, 0) is 77.2 Å². The van der Waals surface area contributed by atoms with E-state index >= 15 is 0 Å². The van der Waals surface area contributed by atoms with Gasteiger partial charge in [-0.1, -0.05) is 106 Å². The third kappa shape index (κ3) is 5.41. The van der Waals surface area contributed by atoms with Crippen LogP contribution in [0.2, 0.25) is 0 Å². The van der Waals surface area contributed by atoms with Gasteiger partial charge in [-0.2, -0.15) is 0 Å². The average molecular weight is 622 g/mol. The van der Waals surface area contributed by atoms with E-state index < -0.39 is 0 Å². The van der Waals surface area contributed by atoms with Crippen molar-refractivity contribution in [2.45, 2.75) is 26.2 Å². The van der Waals surface area contributed by atoms with Crippen LogP contribution < -0.4 is 4.74 Å². The van der Waals surface area contributed by atoms with Crippen molar-refractivity contribution >= 4 is 21.8 Å². The van der Waals surface area contributed by atoms with Gasteiger partial charge < -0.3 is 9.30 Å². The van der Waals surface area contributed by atoms with Crippen molar-refractivity contribution in [1.29, 1.82) is 0 Å². The number of nitrogens with zero attached hydrogens (tertiary/aromatic N) is 3. The third-order valence-corrected chi connectivity index (χ3v) is 8.91. The second-order valence-electron chi connectivity index (χ2n) is 13.1. The molecular weight excluding hydrogens is 587 g/mol. The number of rotatable bonds is 6. The summed E-state index contributed by atoms with van der Waals surface area (Å²) in [5.74, 6) is 1.49. The van der Waals surface area contributed by atoms with Crippen LogP contribution in [0.4, 0.5) is 0 Å². The minimum Gasteiger partial charge on any atom is -0.457 e. The molecule has 0 atom stereocenters. The lowest BCUT2D eigenvalue weighted by Crippen LogP contribution is -2.12. The van der Waals surface area contributed by atoms with E-state index in [0.717, 1.165) is 56.1 Å². The normalized spacial score (nSPS) is 11.6. The van der Waals surface area contributed by atoms with Gasteiger partial charge in [-0.25, -0.2) is 0 Å². The SMILES string of the molecule is CC(C)(C)c1ccc(-n2c3ccccc3c3ccnc(-c4cccc(Oc5cccc(-c6ccccn6)c5)c4)c32)c(-c2ccccc2)c1. The molecule has 0 fully saturated rings. The van der Waals surface area contributed by atoms with Crippen molar-refractivity contribution in [2.24, 2.45) is 0 Å². The average Bonchev–Trinajstić information content (AvgIpc) is 3.46. The number of benzene rings is 5. The second kappa shape index (κ2) is 12.0. The van der Waals surface area contributed by atoms with Crippen molar-refractivity contribution in [3.05, 3.63) is 164 Å². The largest absolute Gasteiger partial charge is 0.457 e. The van der Waals surface area contributed by atoms with Crippen molar-refractivity contribution in [2.75, 3.05) is 0 Å². The van der Waals surface area contributed by atoms with E-state index in [1.807, 2.05) is 60.8 Å². The van der Waals surface area contributed by atoms with Crippen LogP contribution in [0.25, 0.3) is 61.1 Å². The molecule has 48 heavy (non-hydrogen) atoms. The topological polar surface area (TPSA) is 39.9 Å². The van der Waals surface area contributed by atoms with Gasteiger partial charge in [-0.15, -0.1) is 0 Å². The third-order valence-electron chi connectivity index (χ3n) is 8.91. The number of fused-ring (bicyclic) bond motifs is 3. The van der Waals surface area contributed by atoms with Gasteiger partial charge in [-0.3, -0.25) is 9.97 Å². The van der Waals surface area contributed by atoms with E-state index in [2.05, 4.69) is 121 Å². The Labute approximate surface area is 281 Å². The molecule has 0 spiro atoms. The molecule has 3 aromatic heterocycles. The van der Waals surface area contributed by atoms with Crippen LogP contribution in [0.15, 0.2) is 158 Å². The first-order chi connectivity index (χ1) is 23.4. The number of para-hydroxylation sites is 1. The van der Waals surface area contributed by atoms with Gasteiger partial charge in [0.25, 0.3) is 0 Å².